The van der Waals surface area contributed by atoms with Crippen molar-refractivity contribution in [3.8, 4) is 0 Å². The summed E-state index contributed by atoms with van der Waals surface area (Å²) in [5.41, 5.74) is 5.66. The van der Waals surface area contributed by atoms with Crippen molar-refractivity contribution in [1.82, 2.24) is 0 Å². The Morgan fingerprint density at radius 3 is 1.75 bits per heavy atom. The van der Waals surface area contributed by atoms with Crippen molar-refractivity contribution in [3.05, 3.63) is 0 Å². The van der Waals surface area contributed by atoms with Gasteiger partial charge in [0.25, 0.3) is 0 Å². The first-order chi connectivity index (χ1) is 9.64. The van der Waals surface area contributed by atoms with Crippen molar-refractivity contribution in [2.45, 2.75) is 95.0 Å². The van der Waals surface area contributed by atoms with E-state index < -0.39 is 21.1 Å². The van der Waals surface area contributed by atoms with Gasteiger partial charge in [0.05, 0.1) is 0 Å². The van der Waals surface area contributed by atoms with Crippen LogP contribution in [0.2, 0.25) is 3.43 Å². The predicted molar refractivity (Wildman–Crippen MR) is 91.5 cm³/mol. The zero-order valence-electron chi connectivity index (χ0n) is 14.3. The molecule has 0 aliphatic carbocycles. The third-order valence-corrected chi connectivity index (χ3v) is 9.34. The second-order valence-electron chi connectivity index (χ2n) is 6.13. The van der Waals surface area contributed by atoms with Gasteiger partial charge in [-0.3, -0.25) is 0 Å². The van der Waals surface area contributed by atoms with E-state index in [9.17, 15) is 0 Å². The van der Waals surface area contributed by atoms with Gasteiger partial charge in [-0.15, -0.1) is 0 Å². The van der Waals surface area contributed by atoms with E-state index >= 15 is 0 Å². The van der Waals surface area contributed by atoms with Crippen molar-refractivity contribution < 1.29 is 4.74 Å². The van der Waals surface area contributed by atoms with Crippen LogP contribution < -0.4 is 5.73 Å². The van der Waals surface area contributed by atoms with Crippen molar-refractivity contribution >= 4 is 21.1 Å². The maximum atomic E-state index is 5.94. The van der Waals surface area contributed by atoms with Crippen LogP contribution in [-0.2, 0) is 4.74 Å². The summed E-state index contributed by atoms with van der Waals surface area (Å²) in [5.74, 6) is 0. The molecule has 2 N–H and O–H groups in total. The van der Waals surface area contributed by atoms with Crippen LogP contribution in [0.15, 0.2) is 0 Å². The normalized spacial score (nSPS) is 13.7. The Morgan fingerprint density at radius 1 is 0.950 bits per heavy atom. The molecule has 0 saturated carbocycles. The van der Waals surface area contributed by atoms with Gasteiger partial charge in [0.1, 0.15) is 0 Å². The fourth-order valence-electron chi connectivity index (χ4n) is 2.59. The second kappa shape index (κ2) is 13.4. The molecule has 0 aromatic carbocycles. The molecule has 0 unspecified atom stereocenters. The molecule has 0 aliphatic rings. The molecule has 2 nitrogen and oxygen atoms in total. The van der Waals surface area contributed by atoms with E-state index in [1.54, 1.807) is 0 Å². The van der Waals surface area contributed by atoms with Gasteiger partial charge >= 0.3 is 138 Å². The van der Waals surface area contributed by atoms with Gasteiger partial charge in [-0.2, -0.15) is 0 Å². The Labute approximate surface area is 137 Å². The number of hydrogen-bond donors (Lipinski definition) is 1. The number of ether oxygens (including phenoxy) is 1. The van der Waals surface area contributed by atoms with Crippen LogP contribution in [0.25, 0.3) is 0 Å². The first kappa shape index (κ1) is 20.7. The Bertz CT molecular complexity index is 189. The average molecular weight is 390 g/mol. The summed E-state index contributed by atoms with van der Waals surface area (Å²) in [6.45, 7) is 9.73. The summed E-state index contributed by atoms with van der Waals surface area (Å²) in [6, 6.07) is 0. The number of hydrogen-bond acceptors (Lipinski definition) is 2. The molecule has 0 rings (SSSR count). The molecule has 0 heterocycles. The van der Waals surface area contributed by atoms with Gasteiger partial charge < -0.3 is 0 Å². The number of unbranched alkanes of at least 4 members (excludes halogenated alkanes) is 3. The van der Waals surface area contributed by atoms with Crippen molar-refractivity contribution in [3.63, 3.8) is 0 Å². The molecule has 1 atom stereocenters. The Morgan fingerprint density at radius 2 is 1.40 bits per heavy atom. The maximum absolute atomic E-state index is 5.94. The molecule has 0 fully saturated rings. The Kier molecular flexibility index (Phi) is 13.9. The van der Waals surface area contributed by atoms with Gasteiger partial charge in [-0.05, 0) is 0 Å². The van der Waals surface area contributed by atoms with E-state index in [2.05, 4.69) is 27.7 Å². The van der Waals surface area contributed by atoms with Crippen LogP contribution in [0.4, 0.5) is 0 Å². The summed E-state index contributed by atoms with van der Waals surface area (Å²) in [5, 5.41) is 0. The van der Waals surface area contributed by atoms with Gasteiger partial charge in [-0.1, -0.05) is 0 Å². The van der Waals surface area contributed by atoms with Gasteiger partial charge in [0, 0.05) is 0 Å². The van der Waals surface area contributed by atoms with E-state index in [-0.39, 0.29) is 6.10 Å². The van der Waals surface area contributed by atoms with E-state index in [1.807, 2.05) is 0 Å². The third-order valence-electron chi connectivity index (χ3n) is 4.17. The molecule has 0 saturated heterocycles. The molecular formula is C17H37NOSn. The molecular weight excluding hydrogens is 353 g/mol. The Hall–Kier alpha value is 0.719. The van der Waals surface area contributed by atoms with E-state index in [4.69, 9.17) is 10.5 Å². The van der Waals surface area contributed by atoms with Crippen molar-refractivity contribution in [2.75, 3.05) is 11.2 Å². The van der Waals surface area contributed by atoms with Crippen LogP contribution in [-0.4, -0.2) is 38.4 Å². The summed E-state index contributed by atoms with van der Waals surface area (Å²) in [6.07, 6.45) is 12.8. The predicted octanol–water partition coefficient (Wildman–Crippen LogP) is 4.74. The van der Waals surface area contributed by atoms with Crippen LogP contribution in [0.3, 0.4) is 0 Å². The van der Waals surface area contributed by atoms with E-state index in [1.165, 1.54) is 57.8 Å². The number of rotatable bonds is 14. The fourth-order valence-corrected chi connectivity index (χ4v) is 7.54. The molecule has 0 aromatic rings. The third kappa shape index (κ3) is 9.62. The molecule has 0 bridgehead atoms. The first-order valence-corrected chi connectivity index (χ1v) is 12.1. The van der Waals surface area contributed by atoms with Crippen LogP contribution in [0.5, 0.6) is 0 Å². The van der Waals surface area contributed by atoms with E-state index in [0.29, 0.717) is 9.98 Å². The number of nitrogens with two attached hydrogens (primary N) is 1. The summed E-state index contributed by atoms with van der Waals surface area (Å²) in [4.78, 5) is 0. The van der Waals surface area contributed by atoms with Gasteiger partial charge in [-0.25, -0.2) is 0 Å². The van der Waals surface area contributed by atoms with E-state index in [0.717, 1.165) is 4.62 Å². The second-order valence-corrected chi connectivity index (χ2v) is 11.0. The standard InChI is InChI=1S/C13H27.C4H10NO.Sn/c1-4-7-10-13(11-8-5-2)12-9-6-3;1-4(3-5)6-2;/h4-12H2,1-3H3;4H,2-3,5H2,1H3;/t;4-;/m.0./s1. The minimum atomic E-state index is -0.484. The summed E-state index contributed by atoms with van der Waals surface area (Å²) in [7, 11) is 0. The molecule has 120 valence electrons. The fraction of sp³-hybridized carbons (Fsp3) is 1.00. The average Bonchev–Trinajstić information content (AvgIpc) is 2.48. The molecule has 0 amide bonds. The van der Waals surface area contributed by atoms with Gasteiger partial charge in [0.15, 0.2) is 0 Å². The van der Waals surface area contributed by atoms with Crippen molar-refractivity contribution in [1.29, 1.82) is 0 Å². The minimum absolute atomic E-state index is 0.247. The molecule has 20 heavy (non-hydrogen) atoms. The van der Waals surface area contributed by atoms with Crippen molar-refractivity contribution in [2.24, 2.45) is 5.73 Å². The van der Waals surface area contributed by atoms with Gasteiger partial charge in [0.2, 0.25) is 0 Å². The molecule has 2 radical (unpaired) electrons. The molecule has 0 spiro atoms. The quantitative estimate of drug-likeness (QED) is 0.435. The van der Waals surface area contributed by atoms with Crippen LogP contribution in [0.1, 0.15) is 85.5 Å². The topological polar surface area (TPSA) is 35.2 Å². The van der Waals surface area contributed by atoms with Crippen LogP contribution >= 0.6 is 0 Å². The monoisotopic (exact) mass is 391 g/mol. The SMILES string of the molecule is CCCC[C](CCCC)(CCCC)[Sn][CH2]O[C@@H](C)CN. The molecule has 0 aromatic heterocycles. The molecule has 0 aliphatic heterocycles. The molecule has 3 heteroatoms. The first-order valence-electron chi connectivity index (χ1n) is 8.70. The Balaban J connectivity index is 4.49. The summed E-state index contributed by atoms with van der Waals surface area (Å²) < 4.78 is 7.69. The summed E-state index contributed by atoms with van der Waals surface area (Å²) >= 11 is -0.484. The zero-order chi connectivity index (χ0) is 15.3. The zero-order valence-corrected chi connectivity index (χ0v) is 17.2. The van der Waals surface area contributed by atoms with Crippen LogP contribution in [0, 0.1) is 0 Å².